The zero-order valence-electron chi connectivity index (χ0n) is 13.2. The maximum absolute atomic E-state index is 10.7. The summed E-state index contributed by atoms with van der Waals surface area (Å²) in [6.07, 6.45) is 12.8. The minimum atomic E-state index is 0.680. The molecule has 0 saturated heterocycles. The monoisotopic (exact) mass is 274 g/mol. The van der Waals surface area contributed by atoms with Crippen LogP contribution in [0.3, 0.4) is 0 Å². The Morgan fingerprint density at radius 2 is 1.40 bits per heavy atom. The number of rotatable bonds is 11. The van der Waals surface area contributed by atoms with Crippen LogP contribution in [-0.2, 0) is 0 Å². The molecule has 112 valence electrons. The summed E-state index contributed by atoms with van der Waals surface area (Å²) < 4.78 is 0. The van der Waals surface area contributed by atoms with Gasteiger partial charge in [-0.05, 0) is 24.3 Å². The van der Waals surface area contributed by atoms with Gasteiger partial charge in [-0.1, -0.05) is 83.1 Å². The van der Waals surface area contributed by atoms with Gasteiger partial charge in [0.05, 0.1) is 0 Å². The highest BCUT2D eigenvalue weighted by molar-refractivity contribution is 5.74. The summed E-state index contributed by atoms with van der Waals surface area (Å²) in [7, 11) is 0. The van der Waals surface area contributed by atoms with Crippen LogP contribution in [0, 0.1) is 0 Å². The first-order valence-electron chi connectivity index (χ1n) is 8.37. The lowest BCUT2D eigenvalue weighted by Gasteiger charge is -2.17. The van der Waals surface area contributed by atoms with Gasteiger partial charge in [0.15, 0.2) is 0 Å². The molecule has 1 aromatic carbocycles. The van der Waals surface area contributed by atoms with E-state index in [2.05, 4.69) is 26.0 Å². The summed E-state index contributed by atoms with van der Waals surface area (Å²) in [6.45, 7) is 4.52. The fourth-order valence-electron chi connectivity index (χ4n) is 2.78. The number of carbonyl (C=O) groups is 1. The molecule has 0 heterocycles. The van der Waals surface area contributed by atoms with Crippen molar-refractivity contribution in [2.24, 2.45) is 0 Å². The first kappa shape index (κ1) is 16.9. The Morgan fingerprint density at radius 1 is 0.850 bits per heavy atom. The van der Waals surface area contributed by atoms with Crippen LogP contribution >= 0.6 is 0 Å². The molecule has 0 aromatic heterocycles. The van der Waals surface area contributed by atoms with Crippen LogP contribution in [0.2, 0.25) is 0 Å². The van der Waals surface area contributed by atoms with E-state index in [9.17, 15) is 4.79 Å². The van der Waals surface area contributed by atoms with Crippen molar-refractivity contribution < 1.29 is 4.79 Å². The number of hydrogen-bond acceptors (Lipinski definition) is 1. The van der Waals surface area contributed by atoms with Gasteiger partial charge in [-0.25, -0.2) is 0 Å². The fourth-order valence-corrected chi connectivity index (χ4v) is 2.78. The van der Waals surface area contributed by atoms with Crippen LogP contribution in [0.15, 0.2) is 24.3 Å². The van der Waals surface area contributed by atoms with Crippen LogP contribution < -0.4 is 0 Å². The summed E-state index contributed by atoms with van der Waals surface area (Å²) in [4.78, 5) is 10.7. The molecule has 1 atom stereocenters. The largest absolute Gasteiger partial charge is 0.298 e. The molecule has 0 saturated carbocycles. The third kappa shape index (κ3) is 6.36. The summed E-state index contributed by atoms with van der Waals surface area (Å²) in [5, 5.41) is 0. The lowest BCUT2D eigenvalue weighted by molar-refractivity contribution is 0.112. The molecular formula is C19H30O. The first-order valence-corrected chi connectivity index (χ1v) is 8.37. The second-order valence-electron chi connectivity index (χ2n) is 5.83. The van der Waals surface area contributed by atoms with E-state index in [1.807, 2.05) is 12.1 Å². The average Bonchev–Trinajstić information content (AvgIpc) is 2.50. The molecular weight excluding hydrogens is 244 g/mol. The van der Waals surface area contributed by atoms with Crippen molar-refractivity contribution >= 4 is 6.29 Å². The molecule has 1 nitrogen and oxygen atoms in total. The molecule has 0 amide bonds. The molecule has 1 rings (SSSR count). The smallest absolute Gasteiger partial charge is 0.150 e. The van der Waals surface area contributed by atoms with E-state index in [-0.39, 0.29) is 0 Å². The van der Waals surface area contributed by atoms with Gasteiger partial charge in [0, 0.05) is 5.56 Å². The Balaban J connectivity index is 2.56. The van der Waals surface area contributed by atoms with Crippen LogP contribution in [0.5, 0.6) is 0 Å². The van der Waals surface area contributed by atoms with Gasteiger partial charge in [0.1, 0.15) is 6.29 Å². The number of hydrogen-bond donors (Lipinski definition) is 0. The zero-order chi connectivity index (χ0) is 14.6. The standard InChI is InChI=1S/C19H30O/c1-3-5-7-9-11-18(10-8-6-4-2)19-14-12-17(16-20)13-15-19/h12-16,18H,3-11H2,1-2H3. The molecule has 0 radical (unpaired) electrons. The minimum Gasteiger partial charge on any atom is -0.298 e. The van der Waals surface area contributed by atoms with Crippen LogP contribution in [0.25, 0.3) is 0 Å². The summed E-state index contributed by atoms with van der Waals surface area (Å²) in [5.41, 5.74) is 2.20. The van der Waals surface area contributed by atoms with Gasteiger partial charge in [-0.15, -0.1) is 0 Å². The van der Waals surface area contributed by atoms with E-state index >= 15 is 0 Å². The van der Waals surface area contributed by atoms with E-state index in [0.29, 0.717) is 5.92 Å². The van der Waals surface area contributed by atoms with Gasteiger partial charge in [-0.3, -0.25) is 4.79 Å². The predicted molar refractivity (Wildman–Crippen MR) is 87.5 cm³/mol. The second-order valence-corrected chi connectivity index (χ2v) is 5.83. The number of carbonyl (C=O) groups excluding carboxylic acids is 1. The number of aldehydes is 1. The molecule has 1 unspecified atom stereocenters. The van der Waals surface area contributed by atoms with Crippen molar-refractivity contribution in [3.05, 3.63) is 35.4 Å². The summed E-state index contributed by atoms with van der Waals surface area (Å²) in [6, 6.07) is 8.22. The van der Waals surface area contributed by atoms with Gasteiger partial charge >= 0.3 is 0 Å². The molecule has 0 bridgehead atoms. The highest BCUT2D eigenvalue weighted by atomic mass is 16.1. The average molecular weight is 274 g/mol. The SMILES string of the molecule is CCCCCCC(CCCCC)c1ccc(C=O)cc1. The van der Waals surface area contributed by atoms with Gasteiger partial charge in [0.2, 0.25) is 0 Å². The molecule has 0 aliphatic heterocycles. The van der Waals surface area contributed by atoms with E-state index in [1.165, 1.54) is 63.4 Å². The van der Waals surface area contributed by atoms with Crippen molar-refractivity contribution in [3.8, 4) is 0 Å². The minimum absolute atomic E-state index is 0.680. The van der Waals surface area contributed by atoms with Crippen molar-refractivity contribution in [2.75, 3.05) is 0 Å². The third-order valence-electron chi connectivity index (χ3n) is 4.11. The van der Waals surface area contributed by atoms with E-state index in [1.54, 1.807) is 0 Å². The summed E-state index contributed by atoms with van der Waals surface area (Å²) >= 11 is 0. The Hall–Kier alpha value is -1.11. The van der Waals surface area contributed by atoms with Crippen LogP contribution in [-0.4, -0.2) is 6.29 Å². The van der Waals surface area contributed by atoms with Crippen LogP contribution in [0.1, 0.15) is 93.5 Å². The molecule has 0 spiro atoms. The lowest BCUT2D eigenvalue weighted by Crippen LogP contribution is -2.00. The lowest BCUT2D eigenvalue weighted by atomic mass is 9.88. The third-order valence-corrected chi connectivity index (χ3v) is 4.11. The van der Waals surface area contributed by atoms with E-state index in [4.69, 9.17) is 0 Å². The van der Waals surface area contributed by atoms with Gasteiger partial charge < -0.3 is 0 Å². The quantitative estimate of drug-likeness (QED) is 0.350. The Morgan fingerprint density at radius 3 is 1.95 bits per heavy atom. The van der Waals surface area contributed by atoms with Crippen molar-refractivity contribution in [1.29, 1.82) is 0 Å². The second kappa shape index (κ2) is 10.7. The molecule has 1 heteroatoms. The first-order chi connectivity index (χ1) is 9.81. The topological polar surface area (TPSA) is 17.1 Å². The van der Waals surface area contributed by atoms with Gasteiger partial charge in [0.25, 0.3) is 0 Å². The summed E-state index contributed by atoms with van der Waals surface area (Å²) in [5.74, 6) is 0.680. The van der Waals surface area contributed by atoms with Gasteiger partial charge in [-0.2, -0.15) is 0 Å². The number of benzene rings is 1. The Labute approximate surface area is 124 Å². The number of unbranched alkanes of at least 4 members (excludes halogenated alkanes) is 5. The highest BCUT2D eigenvalue weighted by Crippen LogP contribution is 2.28. The Bertz CT molecular complexity index is 353. The normalized spacial score (nSPS) is 12.3. The van der Waals surface area contributed by atoms with Crippen LogP contribution in [0.4, 0.5) is 0 Å². The van der Waals surface area contributed by atoms with Crippen molar-refractivity contribution in [2.45, 2.75) is 77.6 Å². The van der Waals surface area contributed by atoms with Crippen molar-refractivity contribution in [3.63, 3.8) is 0 Å². The van der Waals surface area contributed by atoms with E-state index in [0.717, 1.165) is 11.8 Å². The maximum atomic E-state index is 10.7. The highest BCUT2D eigenvalue weighted by Gasteiger charge is 2.11. The molecule has 1 aromatic rings. The van der Waals surface area contributed by atoms with Crippen molar-refractivity contribution in [1.82, 2.24) is 0 Å². The predicted octanol–water partition coefficient (Wildman–Crippen LogP) is 6.13. The molecule has 20 heavy (non-hydrogen) atoms. The molecule has 0 fully saturated rings. The molecule has 0 aliphatic rings. The zero-order valence-corrected chi connectivity index (χ0v) is 13.2. The molecule has 0 aliphatic carbocycles. The molecule has 0 N–H and O–H groups in total. The van der Waals surface area contributed by atoms with E-state index < -0.39 is 0 Å². The fraction of sp³-hybridized carbons (Fsp3) is 0.632. The maximum Gasteiger partial charge on any atom is 0.150 e. The Kier molecular flexibility index (Phi) is 9.02.